The molecule has 2 aromatic rings. The topological polar surface area (TPSA) is 96.2 Å². The average Bonchev–Trinajstić information content (AvgIpc) is 2.96. The molecule has 8 nitrogen and oxygen atoms in total. The van der Waals surface area contributed by atoms with Crippen molar-refractivity contribution >= 4 is 37.3 Å². The molecular formula is C16H18N2O6S2. The predicted molar refractivity (Wildman–Crippen MR) is 95.4 cm³/mol. The van der Waals surface area contributed by atoms with Crippen LogP contribution in [0.2, 0.25) is 0 Å². The number of methoxy groups -OCH3 is 1. The van der Waals surface area contributed by atoms with Crippen molar-refractivity contribution < 1.29 is 27.4 Å². The monoisotopic (exact) mass is 398 g/mol. The Hall–Kier alpha value is -2.17. The van der Waals surface area contributed by atoms with E-state index >= 15 is 0 Å². The van der Waals surface area contributed by atoms with Crippen molar-refractivity contribution in [1.29, 1.82) is 0 Å². The summed E-state index contributed by atoms with van der Waals surface area (Å²) in [5.74, 6) is -0.505. The third-order valence-electron chi connectivity index (χ3n) is 3.66. The maximum absolute atomic E-state index is 12.3. The number of nitrogens with zero attached hydrogens (tertiary/aromatic N) is 2. The summed E-state index contributed by atoms with van der Waals surface area (Å²) in [5, 5.41) is 0. The molecule has 0 atom stereocenters. The average molecular weight is 398 g/mol. The molecule has 1 amide bonds. The van der Waals surface area contributed by atoms with Gasteiger partial charge in [0.2, 0.25) is 5.76 Å². The second-order valence-corrected chi connectivity index (χ2v) is 8.57. The molecule has 3 rings (SSSR count). The number of carbonyl (C=O) groups is 1. The van der Waals surface area contributed by atoms with Crippen molar-refractivity contribution in [3.63, 3.8) is 0 Å². The Labute approximate surface area is 154 Å². The molecule has 0 saturated carbocycles. The van der Waals surface area contributed by atoms with Crippen LogP contribution in [0.15, 0.2) is 40.1 Å². The van der Waals surface area contributed by atoms with Gasteiger partial charge in [0.25, 0.3) is 0 Å². The molecule has 0 fully saturated rings. The first-order chi connectivity index (χ1) is 12.4. The van der Waals surface area contributed by atoms with Gasteiger partial charge in [-0.3, -0.25) is 4.79 Å². The molecule has 1 aliphatic rings. The first-order valence-corrected chi connectivity index (χ1v) is 10.5. The van der Waals surface area contributed by atoms with Gasteiger partial charge < -0.3 is 18.8 Å². The number of amides is 1. The van der Waals surface area contributed by atoms with E-state index in [9.17, 15) is 13.2 Å². The number of hydrogen-bond acceptors (Lipinski definition) is 7. The van der Waals surface area contributed by atoms with Gasteiger partial charge in [0.1, 0.15) is 19.5 Å². The molecule has 1 aromatic carbocycles. The van der Waals surface area contributed by atoms with E-state index in [0.29, 0.717) is 35.9 Å². The Morgan fingerprint density at radius 2 is 2.19 bits per heavy atom. The SMILES string of the molecule is COCCn1c(=NC(=O)C2=COCCO2)sc2cc(S(C)(=O)=O)ccc21. The predicted octanol–water partition coefficient (Wildman–Crippen LogP) is 1.07. The van der Waals surface area contributed by atoms with Crippen LogP contribution in [0.1, 0.15) is 0 Å². The molecule has 0 radical (unpaired) electrons. The summed E-state index contributed by atoms with van der Waals surface area (Å²) in [5.41, 5.74) is 0.779. The summed E-state index contributed by atoms with van der Waals surface area (Å²) in [6.07, 6.45) is 2.41. The van der Waals surface area contributed by atoms with Crippen LogP contribution in [0.25, 0.3) is 10.2 Å². The summed E-state index contributed by atoms with van der Waals surface area (Å²) in [6.45, 7) is 1.57. The second kappa shape index (κ2) is 7.60. The molecule has 1 aromatic heterocycles. The van der Waals surface area contributed by atoms with Crippen molar-refractivity contribution in [2.45, 2.75) is 11.4 Å². The second-order valence-electron chi connectivity index (χ2n) is 5.55. The largest absolute Gasteiger partial charge is 0.494 e. The molecule has 0 N–H and O–H groups in total. The molecule has 0 bridgehead atoms. The van der Waals surface area contributed by atoms with Crippen molar-refractivity contribution in [3.8, 4) is 0 Å². The highest BCUT2D eigenvalue weighted by atomic mass is 32.2. The highest BCUT2D eigenvalue weighted by molar-refractivity contribution is 7.90. The normalized spacial score (nSPS) is 15.5. The Morgan fingerprint density at radius 1 is 1.38 bits per heavy atom. The Bertz CT molecular complexity index is 1030. The Morgan fingerprint density at radius 3 is 2.85 bits per heavy atom. The number of ether oxygens (including phenoxy) is 3. The minimum Gasteiger partial charge on any atom is -0.494 e. The fourth-order valence-corrected chi connectivity index (χ4v) is 4.21. The van der Waals surface area contributed by atoms with Crippen LogP contribution >= 0.6 is 11.3 Å². The minimum absolute atomic E-state index is 0.0452. The third kappa shape index (κ3) is 3.97. The number of sulfone groups is 1. The zero-order valence-corrected chi connectivity index (χ0v) is 15.9. The van der Waals surface area contributed by atoms with Crippen molar-refractivity contribution in [3.05, 3.63) is 35.0 Å². The number of fused-ring (bicyclic) bond motifs is 1. The van der Waals surface area contributed by atoms with Crippen molar-refractivity contribution in [2.75, 3.05) is 33.2 Å². The quantitative estimate of drug-likeness (QED) is 0.747. The zero-order valence-electron chi connectivity index (χ0n) is 14.3. The van der Waals surface area contributed by atoms with Crippen LogP contribution in [0.3, 0.4) is 0 Å². The Balaban J connectivity index is 2.11. The van der Waals surface area contributed by atoms with Crippen LogP contribution < -0.4 is 4.80 Å². The summed E-state index contributed by atoms with van der Waals surface area (Å²) in [4.78, 5) is 17.1. The van der Waals surface area contributed by atoms with Gasteiger partial charge in [-0.1, -0.05) is 11.3 Å². The smallest absolute Gasteiger partial charge is 0.317 e. The lowest BCUT2D eigenvalue weighted by atomic mass is 10.3. The lowest BCUT2D eigenvalue weighted by Crippen LogP contribution is -2.21. The van der Waals surface area contributed by atoms with E-state index in [-0.39, 0.29) is 10.7 Å². The van der Waals surface area contributed by atoms with Gasteiger partial charge >= 0.3 is 5.91 Å². The lowest BCUT2D eigenvalue weighted by molar-refractivity contribution is -0.119. The number of thiazole rings is 1. The summed E-state index contributed by atoms with van der Waals surface area (Å²) < 4.78 is 41.6. The summed E-state index contributed by atoms with van der Waals surface area (Å²) >= 11 is 1.23. The lowest BCUT2D eigenvalue weighted by Gasteiger charge is -2.12. The first-order valence-electron chi connectivity index (χ1n) is 7.76. The van der Waals surface area contributed by atoms with Crippen LogP contribution in [0.4, 0.5) is 0 Å². The van der Waals surface area contributed by atoms with Gasteiger partial charge in [-0.05, 0) is 18.2 Å². The van der Waals surface area contributed by atoms with Crippen LogP contribution in [-0.2, 0) is 35.4 Å². The van der Waals surface area contributed by atoms with E-state index in [1.807, 2.05) is 4.57 Å². The summed E-state index contributed by atoms with van der Waals surface area (Å²) in [6, 6.07) is 4.84. The number of aromatic nitrogens is 1. The van der Waals surface area contributed by atoms with Crippen LogP contribution in [0, 0.1) is 0 Å². The van der Waals surface area contributed by atoms with Crippen molar-refractivity contribution in [2.24, 2.45) is 4.99 Å². The van der Waals surface area contributed by atoms with Gasteiger partial charge in [0, 0.05) is 19.9 Å². The molecule has 0 spiro atoms. The van der Waals surface area contributed by atoms with Gasteiger partial charge in [-0.25, -0.2) is 8.42 Å². The standard InChI is InChI=1S/C16H18N2O6S2/c1-22-6-5-18-12-4-3-11(26(2,20)21)9-14(12)25-16(18)17-15(19)13-10-23-7-8-24-13/h3-4,9-10H,5-8H2,1-2H3. The maximum atomic E-state index is 12.3. The van der Waals surface area contributed by atoms with E-state index in [0.717, 1.165) is 11.8 Å². The van der Waals surface area contributed by atoms with Crippen LogP contribution in [0.5, 0.6) is 0 Å². The molecule has 140 valence electrons. The highest BCUT2D eigenvalue weighted by Crippen LogP contribution is 2.22. The van der Waals surface area contributed by atoms with E-state index in [2.05, 4.69) is 4.99 Å². The molecule has 2 heterocycles. The summed E-state index contributed by atoms with van der Waals surface area (Å²) in [7, 11) is -1.75. The fourth-order valence-electron chi connectivity index (χ4n) is 2.39. The molecule has 0 unspecified atom stereocenters. The molecule has 0 saturated heterocycles. The third-order valence-corrected chi connectivity index (χ3v) is 5.81. The molecular weight excluding hydrogens is 380 g/mol. The minimum atomic E-state index is -3.33. The van der Waals surface area contributed by atoms with Gasteiger partial charge in [0.05, 0.1) is 21.7 Å². The molecule has 26 heavy (non-hydrogen) atoms. The van der Waals surface area contributed by atoms with Gasteiger partial charge in [-0.2, -0.15) is 4.99 Å². The number of rotatable bonds is 5. The highest BCUT2D eigenvalue weighted by Gasteiger charge is 2.16. The van der Waals surface area contributed by atoms with Crippen LogP contribution in [-0.4, -0.2) is 52.1 Å². The van der Waals surface area contributed by atoms with E-state index in [1.54, 1.807) is 25.3 Å². The Kier molecular flexibility index (Phi) is 5.44. The number of hydrogen-bond donors (Lipinski definition) is 0. The number of benzene rings is 1. The fraction of sp³-hybridized carbons (Fsp3) is 0.375. The number of carbonyl (C=O) groups excluding carboxylic acids is 1. The molecule has 1 aliphatic heterocycles. The molecule has 10 heteroatoms. The van der Waals surface area contributed by atoms with E-state index in [1.165, 1.54) is 17.6 Å². The van der Waals surface area contributed by atoms with E-state index in [4.69, 9.17) is 14.2 Å². The first kappa shape index (κ1) is 18.6. The van der Waals surface area contributed by atoms with E-state index < -0.39 is 15.7 Å². The van der Waals surface area contributed by atoms with Crippen molar-refractivity contribution in [1.82, 2.24) is 4.57 Å². The molecule has 0 aliphatic carbocycles. The maximum Gasteiger partial charge on any atom is 0.317 e. The van der Waals surface area contributed by atoms with Gasteiger partial charge in [0.15, 0.2) is 14.6 Å². The van der Waals surface area contributed by atoms with Gasteiger partial charge in [-0.15, -0.1) is 0 Å². The zero-order chi connectivity index (χ0) is 18.7.